The summed E-state index contributed by atoms with van der Waals surface area (Å²) in [7, 11) is 0. The molecule has 0 spiro atoms. The van der Waals surface area contributed by atoms with Crippen LogP contribution < -0.4 is 4.74 Å². The molecule has 4 heteroatoms. The highest BCUT2D eigenvalue weighted by atomic mass is 127. The summed E-state index contributed by atoms with van der Waals surface area (Å²) in [5.74, 6) is 0.0962. The Hall–Kier alpha value is -0.650. The molecule has 1 aliphatic heterocycles. The van der Waals surface area contributed by atoms with Gasteiger partial charge >= 0.3 is 0 Å². The van der Waals surface area contributed by atoms with E-state index >= 15 is 0 Å². The van der Waals surface area contributed by atoms with Crippen molar-refractivity contribution in [3.63, 3.8) is 0 Å². The lowest BCUT2D eigenvalue weighted by Crippen LogP contribution is -2.16. The van der Waals surface area contributed by atoms with Gasteiger partial charge in [0, 0.05) is 6.42 Å². The van der Waals surface area contributed by atoms with E-state index in [0.717, 1.165) is 0 Å². The number of ether oxygens (including phenoxy) is 1. The number of rotatable bonds is 0. The zero-order valence-electron chi connectivity index (χ0n) is 6.64. The largest absolute Gasteiger partial charge is 0.491 e. The fourth-order valence-electron chi connectivity index (χ4n) is 1.29. The van der Waals surface area contributed by atoms with E-state index in [1.165, 1.54) is 12.1 Å². The molecule has 2 nitrogen and oxygen atoms in total. The normalized spacial score (nSPS) is 15.1. The van der Waals surface area contributed by atoms with E-state index in [-0.39, 0.29) is 11.6 Å². The highest BCUT2D eigenvalue weighted by Crippen LogP contribution is 2.30. The van der Waals surface area contributed by atoms with E-state index in [9.17, 15) is 9.18 Å². The number of benzene rings is 1. The first-order chi connectivity index (χ1) is 6.18. The van der Waals surface area contributed by atoms with E-state index in [4.69, 9.17) is 4.74 Å². The van der Waals surface area contributed by atoms with Crippen molar-refractivity contribution in [1.29, 1.82) is 0 Å². The number of fused-ring (bicyclic) bond motifs is 1. The predicted octanol–water partition coefficient (Wildman–Crippen LogP) is 2.40. The second-order valence-electron chi connectivity index (χ2n) is 2.79. The molecule has 0 radical (unpaired) electrons. The lowest BCUT2D eigenvalue weighted by molar-refractivity contribution is 0.0932. The molecule has 2 rings (SSSR count). The molecule has 0 unspecified atom stereocenters. The molecule has 0 fully saturated rings. The van der Waals surface area contributed by atoms with Crippen molar-refractivity contribution in [3.8, 4) is 5.75 Å². The fraction of sp³-hybridized carbons (Fsp3) is 0.222. The average molecular weight is 292 g/mol. The van der Waals surface area contributed by atoms with Crippen LogP contribution in [0.4, 0.5) is 4.39 Å². The first-order valence-corrected chi connectivity index (χ1v) is 4.91. The van der Waals surface area contributed by atoms with E-state index in [1.54, 1.807) is 0 Å². The second-order valence-corrected chi connectivity index (χ2v) is 3.95. The van der Waals surface area contributed by atoms with E-state index < -0.39 is 0 Å². The van der Waals surface area contributed by atoms with Crippen LogP contribution in [0.5, 0.6) is 5.75 Å². The number of ketones is 1. The van der Waals surface area contributed by atoms with Crippen molar-refractivity contribution < 1.29 is 13.9 Å². The van der Waals surface area contributed by atoms with Gasteiger partial charge in [-0.1, -0.05) is 0 Å². The fourth-order valence-corrected chi connectivity index (χ4v) is 2.04. The van der Waals surface area contributed by atoms with Crippen LogP contribution in [0.2, 0.25) is 0 Å². The van der Waals surface area contributed by atoms with Crippen molar-refractivity contribution in [1.82, 2.24) is 0 Å². The van der Waals surface area contributed by atoms with E-state index in [2.05, 4.69) is 0 Å². The quantitative estimate of drug-likeness (QED) is 0.686. The second kappa shape index (κ2) is 3.25. The SMILES string of the molecule is O=C1CCOc2c(I)cc(F)cc21. The van der Waals surface area contributed by atoms with Crippen molar-refractivity contribution in [2.45, 2.75) is 6.42 Å². The maximum absolute atomic E-state index is 12.9. The Bertz CT molecular complexity index is 376. The summed E-state index contributed by atoms with van der Waals surface area (Å²) in [5.41, 5.74) is 0.371. The summed E-state index contributed by atoms with van der Waals surface area (Å²) in [5, 5.41) is 0. The monoisotopic (exact) mass is 292 g/mol. The van der Waals surface area contributed by atoms with Crippen LogP contribution in [-0.2, 0) is 0 Å². The van der Waals surface area contributed by atoms with Crippen molar-refractivity contribution in [3.05, 3.63) is 27.1 Å². The molecule has 0 aromatic heterocycles. The van der Waals surface area contributed by atoms with Gasteiger partial charge < -0.3 is 4.74 Å². The summed E-state index contributed by atoms with van der Waals surface area (Å²) >= 11 is 1.96. The van der Waals surface area contributed by atoms with Crippen LogP contribution in [0.1, 0.15) is 16.8 Å². The minimum Gasteiger partial charge on any atom is -0.491 e. The third-order valence-corrected chi connectivity index (χ3v) is 2.69. The molecule has 0 aliphatic carbocycles. The van der Waals surface area contributed by atoms with Gasteiger partial charge in [-0.2, -0.15) is 0 Å². The Morgan fingerprint density at radius 1 is 1.46 bits per heavy atom. The molecule has 0 atom stereocenters. The minimum atomic E-state index is -0.387. The molecule has 1 aromatic rings. The summed E-state index contributed by atoms with van der Waals surface area (Å²) < 4.78 is 18.9. The van der Waals surface area contributed by atoms with Crippen LogP contribution in [-0.4, -0.2) is 12.4 Å². The summed E-state index contributed by atoms with van der Waals surface area (Å²) in [4.78, 5) is 11.3. The molecule has 13 heavy (non-hydrogen) atoms. The van der Waals surface area contributed by atoms with E-state index in [1.807, 2.05) is 22.6 Å². The third kappa shape index (κ3) is 1.54. The van der Waals surface area contributed by atoms with Crippen LogP contribution in [0.25, 0.3) is 0 Å². The van der Waals surface area contributed by atoms with Gasteiger partial charge in [0.05, 0.1) is 15.7 Å². The molecular weight excluding hydrogens is 286 g/mol. The summed E-state index contributed by atoms with van der Waals surface area (Å²) in [6, 6.07) is 2.59. The van der Waals surface area contributed by atoms with Gasteiger partial charge in [-0.05, 0) is 34.7 Å². The summed E-state index contributed by atoms with van der Waals surface area (Å²) in [6.45, 7) is 0.396. The minimum absolute atomic E-state index is 0.0429. The Morgan fingerprint density at radius 3 is 3.00 bits per heavy atom. The first-order valence-electron chi connectivity index (χ1n) is 3.83. The zero-order chi connectivity index (χ0) is 9.42. The van der Waals surface area contributed by atoms with Gasteiger partial charge in [-0.25, -0.2) is 4.39 Å². The highest BCUT2D eigenvalue weighted by molar-refractivity contribution is 14.1. The maximum Gasteiger partial charge on any atom is 0.170 e. The van der Waals surface area contributed by atoms with Gasteiger partial charge in [0.2, 0.25) is 0 Å². The molecule has 0 saturated heterocycles. The Kier molecular flexibility index (Phi) is 2.23. The van der Waals surface area contributed by atoms with Crippen molar-refractivity contribution in [2.75, 3.05) is 6.61 Å². The average Bonchev–Trinajstić information content (AvgIpc) is 2.07. The highest BCUT2D eigenvalue weighted by Gasteiger charge is 2.21. The van der Waals surface area contributed by atoms with Crippen LogP contribution >= 0.6 is 22.6 Å². The summed E-state index contributed by atoms with van der Waals surface area (Å²) in [6.07, 6.45) is 0.340. The molecule has 0 bridgehead atoms. The Labute approximate surface area is 88.2 Å². The maximum atomic E-state index is 12.9. The lowest BCUT2D eigenvalue weighted by Gasteiger charge is -2.17. The van der Waals surface area contributed by atoms with Crippen LogP contribution in [0, 0.1) is 9.39 Å². The van der Waals surface area contributed by atoms with Gasteiger partial charge in [0.15, 0.2) is 5.78 Å². The number of hydrogen-bond donors (Lipinski definition) is 0. The number of hydrogen-bond acceptors (Lipinski definition) is 2. The van der Waals surface area contributed by atoms with Crippen molar-refractivity contribution >= 4 is 28.4 Å². The van der Waals surface area contributed by atoms with Crippen LogP contribution in [0.15, 0.2) is 12.1 Å². The molecule has 0 N–H and O–H groups in total. The Balaban J connectivity index is 2.63. The number of Topliss-reactive ketones (excluding diaryl/α,β-unsaturated/α-hetero) is 1. The Morgan fingerprint density at radius 2 is 2.23 bits per heavy atom. The van der Waals surface area contributed by atoms with E-state index in [0.29, 0.717) is 27.9 Å². The van der Waals surface area contributed by atoms with Crippen LogP contribution in [0.3, 0.4) is 0 Å². The number of carbonyl (C=O) groups is 1. The molecule has 1 aromatic carbocycles. The predicted molar refractivity (Wildman–Crippen MR) is 53.6 cm³/mol. The topological polar surface area (TPSA) is 26.3 Å². The standard InChI is InChI=1S/C9H6FIO2/c10-5-3-6-8(12)1-2-13-9(6)7(11)4-5/h3-4H,1-2H2. The molecule has 0 saturated carbocycles. The zero-order valence-corrected chi connectivity index (χ0v) is 8.80. The van der Waals surface area contributed by atoms with Gasteiger partial charge in [0.1, 0.15) is 11.6 Å². The van der Waals surface area contributed by atoms with Gasteiger partial charge in [-0.3, -0.25) is 4.79 Å². The van der Waals surface area contributed by atoms with Crippen molar-refractivity contribution in [2.24, 2.45) is 0 Å². The number of carbonyl (C=O) groups excluding carboxylic acids is 1. The molecule has 68 valence electrons. The first kappa shape index (κ1) is 8.93. The van der Waals surface area contributed by atoms with Gasteiger partial charge in [-0.15, -0.1) is 0 Å². The molecule has 1 heterocycles. The van der Waals surface area contributed by atoms with Gasteiger partial charge in [0.25, 0.3) is 0 Å². The molecular formula is C9H6FIO2. The smallest absolute Gasteiger partial charge is 0.170 e. The molecule has 1 aliphatic rings. The number of halogens is 2. The lowest BCUT2D eigenvalue weighted by atomic mass is 10.1. The molecule has 0 amide bonds. The third-order valence-electron chi connectivity index (χ3n) is 1.88.